The van der Waals surface area contributed by atoms with Crippen molar-refractivity contribution >= 4 is 17.6 Å². The van der Waals surface area contributed by atoms with Gasteiger partial charge in [0.2, 0.25) is 0 Å². The number of esters is 1. The lowest BCUT2D eigenvalue weighted by atomic mass is 10.2. The average Bonchev–Trinajstić information content (AvgIpc) is 2.70. The molecule has 0 saturated carbocycles. The van der Waals surface area contributed by atoms with Gasteiger partial charge in [-0.2, -0.15) is 0 Å². The Morgan fingerprint density at radius 1 is 0.857 bits per heavy atom. The van der Waals surface area contributed by atoms with Crippen LogP contribution < -0.4 is 10.1 Å². The molecular formula is C21H15F2NO4. The number of rotatable bonds is 6. The van der Waals surface area contributed by atoms with Gasteiger partial charge in [-0.25, -0.2) is 13.6 Å². The van der Waals surface area contributed by atoms with Crippen molar-refractivity contribution in [2.45, 2.75) is 0 Å². The second kappa shape index (κ2) is 8.77. The number of hydrogen-bond acceptors (Lipinski definition) is 4. The molecule has 0 heterocycles. The van der Waals surface area contributed by atoms with Crippen LogP contribution in [0.5, 0.6) is 11.5 Å². The van der Waals surface area contributed by atoms with Gasteiger partial charge in [0.25, 0.3) is 5.91 Å². The molecule has 5 nitrogen and oxygen atoms in total. The lowest BCUT2D eigenvalue weighted by Crippen LogP contribution is -2.21. The van der Waals surface area contributed by atoms with Gasteiger partial charge in [0.05, 0.1) is 0 Å². The molecule has 0 fully saturated rings. The molecule has 0 aliphatic heterocycles. The summed E-state index contributed by atoms with van der Waals surface area (Å²) in [6.45, 7) is -0.600. The topological polar surface area (TPSA) is 64.6 Å². The SMILES string of the molecule is O=C(COC(=O)c1ccccc1Oc1ccccc1)Nc1ccc(F)c(F)c1. The average molecular weight is 383 g/mol. The van der Waals surface area contributed by atoms with Gasteiger partial charge in [-0.3, -0.25) is 4.79 Å². The zero-order valence-electron chi connectivity index (χ0n) is 14.5. The first-order valence-corrected chi connectivity index (χ1v) is 8.27. The van der Waals surface area contributed by atoms with Crippen LogP contribution in [0.15, 0.2) is 72.8 Å². The minimum absolute atomic E-state index is 0.0489. The number of ether oxygens (including phenoxy) is 2. The number of para-hydroxylation sites is 2. The van der Waals surface area contributed by atoms with Gasteiger partial charge in [-0.15, -0.1) is 0 Å². The summed E-state index contributed by atoms with van der Waals surface area (Å²) in [5, 5.41) is 2.32. The van der Waals surface area contributed by atoms with Crippen molar-refractivity contribution in [2.75, 3.05) is 11.9 Å². The number of anilines is 1. The molecule has 0 bridgehead atoms. The standard InChI is InChI=1S/C21H15F2NO4/c22-17-11-10-14(12-18(17)23)24-20(25)13-27-21(26)16-8-4-5-9-19(16)28-15-6-2-1-3-7-15/h1-12H,13H2,(H,24,25). The van der Waals surface area contributed by atoms with Crippen LogP contribution in [-0.2, 0) is 9.53 Å². The van der Waals surface area contributed by atoms with E-state index in [1.165, 1.54) is 12.1 Å². The van der Waals surface area contributed by atoms with Gasteiger partial charge >= 0.3 is 5.97 Å². The molecule has 3 aromatic rings. The van der Waals surface area contributed by atoms with E-state index in [-0.39, 0.29) is 17.0 Å². The second-order valence-electron chi connectivity index (χ2n) is 5.66. The molecule has 0 unspecified atom stereocenters. The number of carbonyl (C=O) groups excluding carboxylic acids is 2. The fourth-order valence-corrected chi connectivity index (χ4v) is 2.32. The summed E-state index contributed by atoms with van der Waals surface area (Å²) >= 11 is 0. The molecular weight excluding hydrogens is 368 g/mol. The van der Waals surface area contributed by atoms with Crippen LogP contribution in [-0.4, -0.2) is 18.5 Å². The number of amides is 1. The van der Waals surface area contributed by atoms with Crippen molar-refractivity contribution in [3.05, 3.63) is 90.0 Å². The third-order valence-corrected chi connectivity index (χ3v) is 3.62. The van der Waals surface area contributed by atoms with Crippen molar-refractivity contribution in [1.29, 1.82) is 0 Å². The van der Waals surface area contributed by atoms with E-state index < -0.39 is 30.1 Å². The quantitative estimate of drug-likeness (QED) is 0.634. The van der Waals surface area contributed by atoms with E-state index >= 15 is 0 Å². The van der Waals surface area contributed by atoms with Crippen LogP contribution in [0.1, 0.15) is 10.4 Å². The molecule has 0 aliphatic rings. The van der Waals surface area contributed by atoms with E-state index in [0.717, 1.165) is 12.1 Å². The molecule has 0 aliphatic carbocycles. The Kier molecular flexibility index (Phi) is 5.96. The molecule has 0 aromatic heterocycles. The van der Waals surface area contributed by atoms with Crippen LogP contribution in [0.3, 0.4) is 0 Å². The Bertz CT molecular complexity index is 993. The fourth-order valence-electron chi connectivity index (χ4n) is 2.32. The highest BCUT2D eigenvalue weighted by molar-refractivity contribution is 5.96. The lowest BCUT2D eigenvalue weighted by molar-refractivity contribution is -0.119. The number of hydrogen-bond donors (Lipinski definition) is 1. The first kappa shape index (κ1) is 19.0. The molecule has 0 atom stereocenters. The van der Waals surface area contributed by atoms with E-state index in [4.69, 9.17) is 9.47 Å². The summed E-state index contributed by atoms with van der Waals surface area (Å²) in [7, 11) is 0. The molecule has 0 saturated heterocycles. The molecule has 7 heteroatoms. The third-order valence-electron chi connectivity index (χ3n) is 3.62. The molecule has 0 spiro atoms. The highest BCUT2D eigenvalue weighted by Gasteiger charge is 2.16. The van der Waals surface area contributed by atoms with E-state index in [1.54, 1.807) is 42.5 Å². The maximum Gasteiger partial charge on any atom is 0.342 e. The highest BCUT2D eigenvalue weighted by atomic mass is 19.2. The van der Waals surface area contributed by atoms with Crippen molar-refractivity contribution in [3.8, 4) is 11.5 Å². The van der Waals surface area contributed by atoms with Crippen LogP contribution in [0.2, 0.25) is 0 Å². The van der Waals surface area contributed by atoms with Gasteiger partial charge in [-0.1, -0.05) is 30.3 Å². The van der Waals surface area contributed by atoms with Crippen LogP contribution >= 0.6 is 0 Å². The normalized spacial score (nSPS) is 10.2. The molecule has 0 radical (unpaired) electrons. The van der Waals surface area contributed by atoms with Crippen molar-refractivity contribution in [1.82, 2.24) is 0 Å². The molecule has 3 rings (SSSR count). The van der Waals surface area contributed by atoms with Gasteiger partial charge < -0.3 is 14.8 Å². The minimum Gasteiger partial charge on any atom is -0.456 e. The van der Waals surface area contributed by atoms with Crippen molar-refractivity contribution in [2.24, 2.45) is 0 Å². The Labute approximate surface area is 159 Å². The Balaban J connectivity index is 1.61. The first-order chi connectivity index (χ1) is 13.5. The summed E-state index contributed by atoms with van der Waals surface area (Å²) in [5.41, 5.74) is 0.194. The van der Waals surface area contributed by atoms with Gasteiger partial charge in [0, 0.05) is 11.8 Å². The Morgan fingerprint density at radius 3 is 2.32 bits per heavy atom. The third kappa shape index (κ3) is 4.91. The lowest BCUT2D eigenvalue weighted by Gasteiger charge is -2.11. The first-order valence-electron chi connectivity index (χ1n) is 8.27. The second-order valence-corrected chi connectivity index (χ2v) is 5.66. The monoisotopic (exact) mass is 383 g/mol. The summed E-state index contributed by atoms with van der Waals surface area (Å²) in [5.74, 6) is -2.76. The Hall–Kier alpha value is -3.74. The smallest absolute Gasteiger partial charge is 0.342 e. The fraction of sp³-hybridized carbons (Fsp3) is 0.0476. The van der Waals surface area contributed by atoms with Crippen LogP contribution in [0, 0.1) is 11.6 Å². The van der Waals surface area contributed by atoms with E-state index in [1.807, 2.05) is 6.07 Å². The van der Waals surface area contributed by atoms with Crippen molar-refractivity contribution < 1.29 is 27.8 Å². The maximum absolute atomic E-state index is 13.2. The summed E-state index contributed by atoms with van der Waals surface area (Å²) in [6, 6.07) is 18.2. The van der Waals surface area contributed by atoms with Crippen LogP contribution in [0.25, 0.3) is 0 Å². The molecule has 28 heavy (non-hydrogen) atoms. The highest BCUT2D eigenvalue weighted by Crippen LogP contribution is 2.25. The minimum atomic E-state index is -1.10. The van der Waals surface area contributed by atoms with Crippen molar-refractivity contribution in [3.63, 3.8) is 0 Å². The molecule has 1 N–H and O–H groups in total. The van der Waals surface area contributed by atoms with Crippen LogP contribution in [0.4, 0.5) is 14.5 Å². The largest absolute Gasteiger partial charge is 0.456 e. The molecule has 142 valence electrons. The molecule has 1 amide bonds. The summed E-state index contributed by atoms with van der Waals surface area (Å²) < 4.78 is 36.7. The summed E-state index contributed by atoms with van der Waals surface area (Å²) in [6.07, 6.45) is 0. The van der Waals surface area contributed by atoms with Gasteiger partial charge in [0.1, 0.15) is 17.1 Å². The zero-order valence-corrected chi connectivity index (χ0v) is 14.5. The summed E-state index contributed by atoms with van der Waals surface area (Å²) in [4.78, 5) is 24.2. The Morgan fingerprint density at radius 2 is 1.57 bits per heavy atom. The van der Waals surface area contributed by atoms with E-state index in [2.05, 4.69) is 5.32 Å². The maximum atomic E-state index is 13.2. The number of carbonyl (C=O) groups is 2. The number of nitrogens with one attached hydrogen (secondary N) is 1. The van der Waals surface area contributed by atoms with Gasteiger partial charge in [-0.05, 0) is 36.4 Å². The molecule has 3 aromatic carbocycles. The number of halogens is 2. The van der Waals surface area contributed by atoms with E-state index in [9.17, 15) is 18.4 Å². The number of benzene rings is 3. The van der Waals surface area contributed by atoms with Gasteiger partial charge in [0.15, 0.2) is 18.2 Å². The predicted molar refractivity (Wildman–Crippen MR) is 98.2 cm³/mol. The zero-order chi connectivity index (χ0) is 19.9. The van der Waals surface area contributed by atoms with E-state index in [0.29, 0.717) is 5.75 Å². The predicted octanol–water partition coefficient (Wildman–Crippen LogP) is 4.55.